The van der Waals surface area contributed by atoms with Crippen molar-refractivity contribution in [3.05, 3.63) is 34.9 Å². The van der Waals surface area contributed by atoms with E-state index < -0.39 is 0 Å². The molecule has 1 aromatic carbocycles. The average molecular weight is 213 g/mol. The normalized spacial score (nSPS) is 12.2. The van der Waals surface area contributed by atoms with Crippen LogP contribution in [0.25, 0.3) is 0 Å². The van der Waals surface area contributed by atoms with Gasteiger partial charge in [-0.25, -0.2) is 0 Å². The summed E-state index contributed by atoms with van der Waals surface area (Å²) in [7, 11) is 1.59. The van der Waals surface area contributed by atoms with Gasteiger partial charge in [-0.15, -0.1) is 0 Å². The molecule has 0 aromatic heterocycles. The SMILES string of the molecule is CNC(=O)CC(N)c1cccc(Cl)c1. The summed E-state index contributed by atoms with van der Waals surface area (Å²) in [4.78, 5) is 11.1. The predicted octanol–water partition coefficient (Wildman–Crippen LogP) is 1.48. The molecule has 1 amide bonds. The zero-order chi connectivity index (χ0) is 10.6. The Morgan fingerprint density at radius 3 is 2.93 bits per heavy atom. The minimum Gasteiger partial charge on any atom is -0.359 e. The van der Waals surface area contributed by atoms with E-state index in [-0.39, 0.29) is 18.4 Å². The van der Waals surface area contributed by atoms with E-state index in [2.05, 4.69) is 5.32 Å². The molecule has 0 saturated heterocycles. The van der Waals surface area contributed by atoms with Gasteiger partial charge >= 0.3 is 0 Å². The third-order valence-corrected chi connectivity index (χ3v) is 2.20. The monoisotopic (exact) mass is 212 g/mol. The van der Waals surface area contributed by atoms with E-state index in [1.165, 1.54) is 0 Å². The van der Waals surface area contributed by atoms with Crippen molar-refractivity contribution in [2.75, 3.05) is 7.05 Å². The average Bonchev–Trinajstić information content (AvgIpc) is 2.17. The molecule has 14 heavy (non-hydrogen) atoms. The van der Waals surface area contributed by atoms with Crippen LogP contribution in [0.3, 0.4) is 0 Å². The number of carbonyl (C=O) groups excluding carboxylic acids is 1. The van der Waals surface area contributed by atoms with Gasteiger partial charge in [0, 0.05) is 24.5 Å². The summed E-state index contributed by atoms with van der Waals surface area (Å²) in [5.74, 6) is -0.0718. The van der Waals surface area contributed by atoms with Gasteiger partial charge < -0.3 is 11.1 Å². The second-order valence-electron chi connectivity index (χ2n) is 3.04. The molecular weight excluding hydrogens is 200 g/mol. The van der Waals surface area contributed by atoms with Crippen molar-refractivity contribution in [1.82, 2.24) is 5.32 Å². The molecule has 0 aliphatic carbocycles. The standard InChI is InChI=1S/C10H13ClN2O/c1-13-10(14)6-9(12)7-3-2-4-8(11)5-7/h2-5,9H,6,12H2,1H3,(H,13,14). The highest BCUT2D eigenvalue weighted by molar-refractivity contribution is 6.30. The third kappa shape index (κ3) is 3.01. The number of benzene rings is 1. The quantitative estimate of drug-likeness (QED) is 0.798. The first-order valence-electron chi connectivity index (χ1n) is 4.35. The molecule has 0 heterocycles. The van der Waals surface area contributed by atoms with Gasteiger partial charge in [0.05, 0.1) is 0 Å². The molecule has 1 rings (SSSR count). The lowest BCUT2D eigenvalue weighted by molar-refractivity contribution is -0.120. The highest BCUT2D eigenvalue weighted by Gasteiger charge is 2.10. The molecule has 0 radical (unpaired) electrons. The fourth-order valence-corrected chi connectivity index (χ4v) is 1.36. The number of hydrogen-bond donors (Lipinski definition) is 2. The Kier molecular flexibility index (Phi) is 3.92. The van der Waals surface area contributed by atoms with Crippen LogP contribution in [0.1, 0.15) is 18.0 Å². The first-order valence-corrected chi connectivity index (χ1v) is 4.73. The van der Waals surface area contributed by atoms with Crippen molar-refractivity contribution in [3.63, 3.8) is 0 Å². The van der Waals surface area contributed by atoms with E-state index in [4.69, 9.17) is 17.3 Å². The number of amides is 1. The molecule has 1 unspecified atom stereocenters. The van der Waals surface area contributed by atoms with Crippen LogP contribution in [-0.4, -0.2) is 13.0 Å². The van der Waals surface area contributed by atoms with E-state index in [0.717, 1.165) is 5.56 Å². The van der Waals surface area contributed by atoms with Gasteiger partial charge in [-0.05, 0) is 17.7 Å². The van der Waals surface area contributed by atoms with Crippen molar-refractivity contribution >= 4 is 17.5 Å². The third-order valence-electron chi connectivity index (χ3n) is 1.96. The van der Waals surface area contributed by atoms with E-state index in [1.807, 2.05) is 12.1 Å². The maximum atomic E-state index is 11.1. The minimum atomic E-state index is -0.298. The number of nitrogens with one attached hydrogen (secondary N) is 1. The Labute approximate surface area is 88.2 Å². The first kappa shape index (κ1) is 11.0. The van der Waals surface area contributed by atoms with Crippen LogP contribution in [0.15, 0.2) is 24.3 Å². The Hall–Kier alpha value is -1.06. The van der Waals surface area contributed by atoms with Gasteiger partial charge in [-0.2, -0.15) is 0 Å². The molecule has 0 spiro atoms. The second kappa shape index (κ2) is 4.98. The van der Waals surface area contributed by atoms with Gasteiger partial charge in [0.25, 0.3) is 0 Å². The summed E-state index contributed by atoms with van der Waals surface area (Å²) in [5.41, 5.74) is 6.70. The number of carbonyl (C=O) groups is 1. The highest BCUT2D eigenvalue weighted by atomic mass is 35.5. The topological polar surface area (TPSA) is 55.1 Å². The molecule has 0 aliphatic rings. The first-order chi connectivity index (χ1) is 6.63. The summed E-state index contributed by atoms with van der Waals surface area (Å²) in [5, 5.41) is 3.16. The maximum Gasteiger partial charge on any atom is 0.221 e. The summed E-state index contributed by atoms with van der Waals surface area (Å²) >= 11 is 5.80. The molecule has 0 fully saturated rings. The van der Waals surface area contributed by atoms with E-state index in [0.29, 0.717) is 5.02 Å². The van der Waals surface area contributed by atoms with Crippen molar-refractivity contribution in [3.8, 4) is 0 Å². The van der Waals surface area contributed by atoms with E-state index >= 15 is 0 Å². The minimum absolute atomic E-state index is 0.0718. The second-order valence-corrected chi connectivity index (χ2v) is 3.48. The van der Waals surface area contributed by atoms with Crippen molar-refractivity contribution in [2.24, 2.45) is 5.73 Å². The molecule has 4 heteroatoms. The zero-order valence-corrected chi connectivity index (χ0v) is 8.71. The van der Waals surface area contributed by atoms with E-state index in [1.54, 1.807) is 19.2 Å². The number of rotatable bonds is 3. The highest BCUT2D eigenvalue weighted by Crippen LogP contribution is 2.18. The number of hydrogen-bond acceptors (Lipinski definition) is 2. The number of halogens is 1. The van der Waals surface area contributed by atoms with Gasteiger partial charge in [0.15, 0.2) is 0 Å². The van der Waals surface area contributed by atoms with Crippen LogP contribution < -0.4 is 11.1 Å². The smallest absolute Gasteiger partial charge is 0.221 e. The Bertz CT molecular complexity index is 328. The molecular formula is C10H13ClN2O. The Morgan fingerprint density at radius 2 is 2.36 bits per heavy atom. The van der Waals surface area contributed by atoms with Crippen LogP contribution in [0.4, 0.5) is 0 Å². The van der Waals surface area contributed by atoms with Gasteiger partial charge in [0.1, 0.15) is 0 Å². The van der Waals surface area contributed by atoms with Crippen LogP contribution in [0.5, 0.6) is 0 Å². The lowest BCUT2D eigenvalue weighted by Gasteiger charge is -2.10. The summed E-state index contributed by atoms with van der Waals surface area (Å²) < 4.78 is 0. The largest absolute Gasteiger partial charge is 0.359 e. The molecule has 76 valence electrons. The molecule has 0 bridgehead atoms. The fraction of sp³-hybridized carbons (Fsp3) is 0.300. The van der Waals surface area contributed by atoms with Crippen molar-refractivity contribution in [1.29, 1.82) is 0 Å². The van der Waals surface area contributed by atoms with Crippen molar-refractivity contribution < 1.29 is 4.79 Å². The summed E-state index contributed by atoms with van der Waals surface area (Å²) in [6.45, 7) is 0. The maximum absolute atomic E-state index is 11.1. The Balaban J connectivity index is 2.69. The molecule has 0 aliphatic heterocycles. The molecule has 1 aromatic rings. The van der Waals surface area contributed by atoms with Crippen molar-refractivity contribution in [2.45, 2.75) is 12.5 Å². The summed E-state index contributed by atoms with van der Waals surface area (Å²) in [6.07, 6.45) is 0.275. The molecule has 1 atom stereocenters. The van der Waals surface area contributed by atoms with Crippen LogP contribution in [-0.2, 0) is 4.79 Å². The fourth-order valence-electron chi connectivity index (χ4n) is 1.16. The van der Waals surface area contributed by atoms with Crippen LogP contribution in [0.2, 0.25) is 5.02 Å². The molecule has 3 nitrogen and oxygen atoms in total. The van der Waals surface area contributed by atoms with Crippen LogP contribution >= 0.6 is 11.6 Å². The number of nitrogens with two attached hydrogens (primary N) is 1. The molecule has 0 saturated carbocycles. The van der Waals surface area contributed by atoms with Gasteiger partial charge in [-0.3, -0.25) is 4.79 Å². The predicted molar refractivity (Wildman–Crippen MR) is 57.1 cm³/mol. The molecule has 3 N–H and O–H groups in total. The lowest BCUT2D eigenvalue weighted by Crippen LogP contribution is -2.24. The zero-order valence-electron chi connectivity index (χ0n) is 7.96. The van der Waals surface area contributed by atoms with Gasteiger partial charge in [0.2, 0.25) is 5.91 Å². The lowest BCUT2D eigenvalue weighted by atomic mass is 10.0. The Morgan fingerprint density at radius 1 is 1.64 bits per heavy atom. The van der Waals surface area contributed by atoms with Gasteiger partial charge in [-0.1, -0.05) is 23.7 Å². The summed E-state index contributed by atoms with van der Waals surface area (Å²) in [6, 6.07) is 6.93. The van der Waals surface area contributed by atoms with E-state index in [9.17, 15) is 4.79 Å². The van der Waals surface area contributed by atoms with Crippen LogP contribution in [0, 0.1) is 0 Å².